The van der Waals surface area contributed by atoms with Gasteiger partial charge in [0.05, 0.1) is 7.11 Å². The van der Waals surface area contributed by atoms with E-state index in [2.05, 4.69) is 40.1 Å². The van der Waals surface area contributed by atoms with E-state index in [-0.39, 0.29) is 17.4 Å². The van der Waals surface area contributed by atoms with Crippen molar-refractivity contribution in [2.24, 2.45) is 17.8 Å². The first kappa shape index (κ1) is 18.0. The number of rotatable bonds is 4. The predicted molar refractivity (Wildman–Crippen MR) is 106 cm³/mol. The Labute approximate surface area is 166 Å². The van der Waals surface area contributed by atoms with Gasteiger partial charge in [-0.3, -0.25) is 4.79 Å². The molecule has 28 heavy (non-hydrogen) atoms. The van der Waals surface area contributed by atoms with Crippen molar-refractivity contribution in [1.82, 2.24) is 10.2 Å². The van der Waals surface area contributed by atoms with Crippen LogP contribution in [0.5, 0.6) is 0 Å². The summed E-state index contributed by atoms with van der Waals surface area (Å²) in [5.74, 6) is 3.03. The van der Waals surface area contributed by atoms with Crippen molar-refractivity contribution in [3.63, 3.8) is 0 Å². The van der Waals surface area contributed by atoms with Crippen LogP contribution in [0.15, 0.2) is 18.2 Å². The molecule has 5 nitrogen and oxygen atoms in total. The van der Waals surface area contributed by atoms with Crippen LogP contribution in [0.25, 0.3) is 0 Å². The van der Waals surface area contributed by atoms with Gasteiger partial charge in [0, 0.05) is 24.5 Å². The average molecular weight is 383 g/mol. The summed E-state index contributed by atoms with van der Waals surface area (Å²) in [6.45, 7) is 6.03. The molecule has 1 aliphatic heterocycles. The third-order valence-electron chi connectivity index (χ3n) is 7.54. The molecule has 5 heteroatoms. The second-order valence-electron chi connectivity index (χ2n) is 9.77. The summed E-state index contributed by atoms with van der Waals surface area (Å²) in [5.41, 5.74) is 4.15. The lowest BCUT2D eigenvalue weighted by Gasteiger charge is -2.45. The predicted octanol–water partition coefficient (Wildman–Crippen LogP) is 3.57. The molecule has 3 saturated carbocycles. The lowest BCUT2D eigenvalue weighted by Crippen LogP contribution is -2.58. The number of hydrogen-bond acceptors (Lipinski definition) is 3. The third kappa shape index (κ3) is 2.99. The summed E-state index contributed by atoms with van der Waals surface area (Å²) in [6, 6.07) is 7.09. The molecule has 1 aromatic rings. The van der Waals surface area contributed by atoms with E-state index in [9.17, 15) is 9.59 Å². The SMILES string of the molecule is COC(=O)NC1(C)CC(C(=O)N2C[C@@H]3C(c4ccc(C5CC5)cc4C)[C@@H]3C2)C1. The summed E-state index contributed by atoms with van der Waals surface area (Å²) in [4.78, 5) is 26.4. The fourth-order valence-corrected chi connectivity index (χ4v) is 5.77. The van der Waals surface area contributed by atoms with Crippen LogP contribution in [0.2, 0.25) is 0 Å². The molecule has 3 aliphatic carbocycles. The maximum Gasteiger partial charge on any atom is 0.407 e. The number of benzene rings is 1. The van der Waals surface area contributed by atoms with Gasteiger partial charge in [-0.05, 0) is 79.9 Å². The van der Waals surface area contributed by atoms with E-state index in [0.29, 0.717) is 30.6 Å². The Kier molecular flexibility index (Phi) is 4.01. The number of ether oxygens (including phenoxy) is 1. The van der Waals surface area contributed by atoms with Gasteiger partial charge in [0.15, 0.2) is 0 Å². The lowest BCUT2D eigenvalue weighted by molar-refractivity contribution is -0.140. The van der Waals surface area contributed by atoms with Crippen molar-refractivity contribution in [2.75, 3.05) is 20.2 Å². The topological polar surface area (TPSA) is 58.6 Å². The maximum absolute atomic E-state index is 12.9. The zero-order chi connectivity index (χ0) is 19.6. The molecule has 150 valence electrons. The summed E-state index contributed by atoms with van der Waals surface area (Å²) in [6.07, 6.45) is 3.69. The molecule has 0 bridgehead atoms. The number of carbonyl (C=O) groups excluding carboxylic acids is 2. The van der Waals surface area contributed by atoms with Gasteiger partial charge in [0.25, 0.3) is 0 Å². The molecule has 5 rings (SSSR count). The van der Waals surface area contributed by atoms with E-state index in [1.54, 1.807) is 0 Å². The minimum atomic E-state index is -0.415. The molecule has 3 atom stereocenters. The van der Waals surface area contributed by atoms with E-state index in [4.69, 9.17) is 0 Å². The summed E-state index contributed by atoms with van der Waals surface area (Å²) in [7, 11) is 1.37. The van der Waals surface area contributed by atoms with Gasteiger partial charge in [-0.15, -0.1) is 0 Å². The highest BCUT2D eigenvalue weighted by Gasteiger charge is 2.58. The first-order valence-corrected chi connectivity index (χ1v) is 10.6. The minimum Gasteiger partial charge on any atom is -0.453 e. The number of alkyl carbamates (subject to hydrolysis) is 1. The molecule has 1 unspecified atom stereocenters. The number of piperidine rings is 1. The van der Waals surface area contributed by atoms with Crippen LogP contribution in [0.4, 0.5) is 4.79 Å². The summed E-state index contributed by atoms with van der Waals surface area (Å²) < 4.78 is 4.68. The van der Waals surface area contributed by atoms with Gasteiger partial charge in [0.2, 0.25) is 5.91 Å². The minimum absolute atomic E-state index is 0.0395. The van der Waals surface area contributed by atoms with Crippen LogP contribution in [0.1, 0.15) is 61.1 Å². The first-order chi connectivity index (χ1) is 13.4. The van der Waals surface area contributed by atoms with Crippen molar-refractivity contribution in [2.45, 2.75) is 56.9 Å². The van der Waals surface area contributed by atoms with Gasteiger partial charge in [-0.2, -0.15) is 0 Å². The summed E-state index contributed by atoms with van der Waals surface area (Å²) in [5, 5.41) is 2.86. The van der Waals surface area contributed by atoms with Gasteiger partial charge in [0.1, 0.15) is 0 Å². The van der Waals surface area contributed by atoms with Crippen LogP contribution in [0, 0.1) is 24.7 Å². The van der Waals surface area contributed by atoms with Crippen LogP contribution < -0.4 is 5.32 Å². The van der Waals surface area contributed by atoms with Gasteiger partial charge < -0.3 is 15.0 Å². The molecule has 1 N–H and O–H groups in total. The number of amides is 2. The fraction of sp³-hybridized carbons (Fsp3) is 0.652. The zero-order valence-electron chi connectivity index (χ0n) is 17.0. The van der Waals surface area contributed by atoms with Crippen molar-refractivity contribution in [1.29, 1.82) is 0 Å². The van der Waals surface area contributed by atoms with Crippen molar-refractivity contribution in [3.8, 4) is 0 Å². The Hall–Kier alpha value is -2.04. The largest absolute Gasteiger partial charge is 0.453 e. The number of carbonyl (C=O) groups is 2. The van der Waals surface area contributed by atoms with Crippen LogP contribution >= 0.6 is 0 Å². The Morgan fingerprint density at radius 2 is 1.86 bits per heavy atom. The molecule has 4 fully saturated rings. The highest BCUT2D eigenvalue weighted by atomic mass is 16.5. The van der Waals surface area contributed by atoms with Crippen LogP contribution in [-0.4, -0.2) is 42.6 Å². The van der Waals surface area contributed by atoms with Crippen molar-refractivity contribution in [3.05, 3.63) is 34.9 Å². The molecule has 1 aromatic carbocycles. The van der Waals surface area contributed by atoms with E-state index < -0.39 is 6.09 Å². The maximum atomic E-state index is 12.9. The number of methoxy groups -OCH3 is 1. The Morgan fingerprint density at radius 1 is 1.18 bits per heavy atom. The third-order valence-corrected chi connectivity index (χ3v) is 7.54. The quantitative estimate of drug-likeness (QED) is 0.866. The molecule has 1 saturated heterocycles. The average Bonchev–Trinajstić information content (AvgIpc) is 3.56. The first-order valence-electron chi connectivity index (χ1n) is 10.6. The molecule has 2 amide bonds. The normalized spacial score (nSPS) is 35.8. The Balaban J connectivity index is 1.15. The summed E-state index contributed by atoms with van der Waals surface area (Å²) >= 11 is 0. The highest BCUT2D eigenvalue weighted by Crippen LogP contribution is 2.59. The van der Waals surface area contributed by atoms with Crippen LogP contribution in [-0.2, 0) is 9.53 Å². The smallest absolute Gasteiger partial charge is 0.407 e. The number of likely N-dealkylation sites (tertiary alicyclic amines) is 1. The number of nitrogens with zero attached hydrogens (tertiary/aromatic N) is 1. The number of fused-ring (bicyclic) bond motifs is 1. The Morgan fingerprint density at radius 3 is 2.43 bits per heavy atom. The van der Waals surface area contributed by atoms with E-state index >= 15 is 0 Å². The number of aryl methyl sites for hydroxylation is 1. The van der Waals surface area contributed by atoms with E-state index in [1.165, 1.54) is 36.6 Å². The second kappa shape index (κ2) is 6.23. The molecule has 0 spiro atoms. The standard InChI is InChI=1S/C23H30N2O3/c1-13-8-15(14-4-5-14)6-7-17(13)20-18-11-25(12-19(18)20)21(26)16-9-23(2,10-16)24-22(27)28-3/h6-8,14,16,18-20H,4-5,9-12H2,1-3H3,(H,24,27)/t16?,18-,19+,20?,23?. The molecular formula is C23H30N2O3. The highest BCUT2D eigenvalue weighted by molar-refractivity contribution is 5.81. The second-order valence-corrected chi connectivity index (χ2v) is 9.77. The fourth-order valence-electron chi connectivity index (χ4n) is 5.77. The van der Waals surface area contributed by atoms with Gasteiger partial charge in [-0.1, -0.05) is 18.2 Å². The zero-order valence-corrected chi connectivity index (χ0v) is 17.0. The number of hydrogen-bond donors (Lipinski definition) is 1. The van der Waals surface area contributed by atoms with E-state index in [0.717, 1.165) is 19.0 Å². The molecule has 0 aromatic heterocycles. The Bertz CT molecular complexity index is 813. The molecular weight excluding hydrogens is 352 g/mol. The monoisotopic (exact) mass is 382 g/mol. The number of nitrogens with one attached hydrogen (secondary N) is 1. The van der Waals surface area contributed by atoms with Crippen molar-refractivity contribution < 1.29 is 14.3 Å². The van der Waals surface area contributed by atoms with Crippen molar-refractivity contribution >= 4 is 12.0 Å². The lowest BCUT2D eigenvalue weighted by atomic mass is 9.69. The molecule has 0 radical (unpaired) electrons. The molecule has 1 heterocycles. The van der Waals surface area contributed by atoms with Gasteiger partial charge >= 0.3 is 6.09 Å². The molecule has 4 aliphatic rings. The van der Waals surface area contributed by atoms with Gasteiger partial charge in [-0.25, -0.2) is 4.79 Å². The van der Waals surface area contributed by atoms with E-state index in [1.807, 2.05) is 6.92 Å². The van der Waals surface area contributed by atoms with Crippen LogP contribution in [0.3, 0.4) is 0 Å².